The van der Waals surface area contributed by atoms with Crippen LogP contribution >= 0.6 is 0 Å². The highest BCUT2D eigenvalue weighted by Crippen LogP contribution is 2.40. The molecule has 28 heavy (non-hydrogen) atoms. The molecule has 0 amide bonds. The van der Waals surface area contributed by atoms with Crippen molar-refractivity contribution in [3.8, 4) is 0 Å². The lowest BCUT2D eigenvalue weighted by Crippen LogP contribution is -2.54. The van der Waals surface area contributed by atoms with Crippen LogP contribution in [0.4, 0.5) is 0 Å². The van der Waals surface area contributed by atoms with Crippen molar-refractivity contribution >= 4 is 0 Å². The summed E-state index contributed by atoms with van der Waals surface area (Å²) in [6.07, 6.45) is 15.4. The molecule has 1 aliphatic carbocycles. The van der Waals surface area contributed by atoms with E-state index >= 15 is 0 Å². The fraction of sp³-hybridized carbons (Fsp3) is 0.308. The van der Waals surface area contributed by atoms with Crippen LogP contribution in [0.3, 0.4) is 0 Å². The Morgan fingerprint density at radius 2 is 1.39 bits per heavy atom. The summed E-state index contributed by atoms with van der Waals surface area (Å²) in [5.41, 5.74) is 1.94. The molecule has 0 saturated carbocycles. The highest BCUT2D eigenvalue weighted by atomic mass is 16.3. The second-order valence-electron chi connectivity index (χ2n) is 7.73. The average molecular weight is 372 g/mol. The maximum absolute atomic E-state index is 12.5. The topological polar surface area (TPSA) is 23.5 Å². The zero-order chi connectivity index (χ0) is 19.2. The maximum Gasteiger partial charge on any atom is 0.134 e. The van der Waals surface area contributed by atoms with Crippen molar-refractivity contribution in [2.24, 2.45) is 0 Å². The van der Waals surface area contributed by atoms with E-state index in [9.17, 15) is 5.11 Å². The molecule has 0 unspecified atom stereocenters. The molecule has 2 aromatic rings. The van der Waals surface area contributed by atoms with Crippen molar-refractivity contribution in [2.75, 3.05) is 13.1 Å². The smallest absolute Gasteiger partial charge is 0.134 e. The maximum atomic E-state index is 12.5. The van der Waals surface area contributed by atoms with Gasteiger partial charge in [-0.1, -0.05) is 97.5 Å². The lowest BCUT2D eigenvalue weighted by Gasteiger charge is -2.45. The predicted molar refractivity (Wildman–Crippen MR) is 116 cm³/mol. The molecule has 2 aromatic carbocycles. The number of aliphatic hydroxyl groups is 1. The standard InChI is InChI=1S/C26H29NO/c28-26(23-16-8-3-9-17-23,24-18-10-4-11-19-24)25(27-20-12-5-13-21-27)22-14-6-1-2-7-15-22/h1,3-4,6-11,14-19,25,28H,2,5,12-13,20-21H2/t25-/m1/s1. The van der Waals surface area contributed by atoms with E-state index in [1.807, 2.05) is 36.4 Å². The van der Waals surface area contributed by atoms with Crippen molar-refractivity contribution < 1.29 is 5.11 Å². The molecule has 0 radical (unpaired) electrons. The molecule has 1 N–H and O–H groups in total. The minimum atomic E-state index is -1.12. The van der Waals surface area contributed by atoms with Crippen molar-refractivity contribution in [1.29, 1.82) is 0 Å². The van der Waals surface area contributed by atoms with E-state index in [4.69, 9.17) is 0 Å². The Balaban J connectivity index is 1.90. The minimum Gasteiger partial charge on any atom is -0.378 e. The normalized spacial score (nSPS) is 19.1. The number of allylic oxidation sites excluding steroid dienone is 4. The monoisotopic (exact) mass is 371 g/mol. The van der Waals surface area contributed by atoms with Crippen LogP contribution < -0.4 is 0 Å². The molecular formula is C26H29NO. The Hall–Kier alpha value is -2.42. The van der Waals surface area contributed by atoms with E-state index in [1.165, 1.54) is 24.8 Å². The first kappa shape index (κ1) is 18.9. The third kappa shape index (κ3) is 3.76. The van der Waals surface area contributed by atoms with E-state index < -0.39 is 5.60 Å². The molecule has 1 aliphatic heterocycles. The summed E-state index contributed by atoms with van der Waals surface area (Å²) in [4.78, 5) is 2.48. The fourth-order valence-corrected chi connectivity index (χ4v) is 4.54. The van der Waals surface area contributed by atoms with E-state index in [2.05, 4.69) is 59.5 Å². The summed E-state index contributed by atoms with van der Waals surface area (Å²) in [6, 6.07) is 20.2. The van der Waals surface area contributed by atoms with Gasteiger partial charge in [0.1, 0.15) is 5.60 Å². The van der Waals surface area contributed by atoms with Gasteiger partial charge >= 0.3 is 0 Å². The lowest BCUT2D eigenvalue weighted by atomic mass is 9.75. The van der Waals surface area contributed by atoms with Gasteiger partial charge in [-0.05, 0) is 49.1 Å². The molecule has 4 rings (SSSR count). The molecular weight excluding hydrogens is 342 g/mol. The van der Waals surface area contributed by atoms with Crippen LogP contribution in [0.2, 0.25) is 0 Å². The van der Waals surface area contributed by atoms with Gasteiger partial charge in [-0.15, -0.1) is 0 Å². The molecule has 1 heterocycles. The van der Waals surface area contributed by atoms with Gasteiger partial charge < -0.3 is 5.11 Å². The lowest BCUT2D eigenvalue weighted by molar-refractivity contribution is -0.00995. The van der Waals surface area contributed by atoms with Crippen LogP contribution in [0, 0.1) is 0 Å². The van der Waals surface area contributed by atoms with E-state index in [-0.39, 0.29) is 6.04 Å². The van der Waals surface area contributed by atoms with Crippen LogP contribution in [0.25, 0.3) is 0 Å². The van der Waals surface area contributed by atoms with Gasteiger partial charge in [0, 0.05) is 0 Å². The molecule has 2 aliphatic rings. The number of piperidine rings is 1. The summed E-state index contributed by atoms with van der Waals surface area (Å²) in [5.74, 6) is 0. The second-order valence-corrected chi connectivity index (χ2v) is 7.73. The predicted octanol–water partition coefficient (Wildman–Crippen LogP) is 5.22. The second kappa shape index (κ2) is 8.72. The molecule has 1 fully saturated rings. The Bertz CT molecular complexity index is 805. The van der Waals surface area contributed by atoms with Crippen molar-refractivity contribution in [3.05, 3.63) is 108 Å². The summed E-state index contributed by atoms with van der Waals surface area (Å²) in [6.45, 7) is 2.03. The third-order valence-corrected chi connectivity index (χ3v) is 5.90. The van der Waals surface area contributed by atoms with Crippen LogP contribution in [0.1, 0.15) is 36.8 Å². The molecule has 0 aromatic heterocycles. The molecule has 1 saturated heterocycles. The van der Waals surface area contributed by atoms with Gasteiger partial charge in [0.2, 0.25) is 0 Å². The Labute approximate surface area is 168 Å². The van der Waals surface area contributed by atoms with Gasteiger partial charge in [0.25, 0.3) is 0 Å². The Kier molecular flexibility index (Phi) is 5.90. The largest absolute Gasteiger partial charge is 0.378 e. The van der Waals surface area contributed by atoms with E-state index in [0.717, 1.165) is 30.6 Å². The molecule has 2 heteroatoms. The zero-order valence-corrected chi connectivity index (χ0v) is 16.4. The number of nitrogens with zero attached hydrogens (tertiary/aromatic N) is 1. The molecule has 144 valence electrons. The summed E-state index contributed by atoms with van der Waals surface area (Å²) in [5, 5.41) is 12.5. The SMILES string of the molecule is OC(c1ccccc1)(c1ccccc1)[C@@H](C1=CC=CCC=C1)N1CCCCC1. The summed E-state index contributed by atoms with van der Waals surface area (Å²) < 4.78 is 0. The van der Waals surface area contributed by atoms with Gasteiger partial charge in [0.05, 0.1) is 6.04 Å². The number of rotatable bonds is 5. The minimum absolute atomic E-state index is 0.128. The van der Waals surface area contributed by atoms with E-state index in [0.29, 0.717) is 0 Å². The first-order valence-electron chi connectivity index (χ1n) is 10.4. The first-order chi connectivity index (χ1) is 13.8. The summed E-state index contributed by atoms with van der Waals surface area (Å²) >= 11 is 0. The Morgan fingerprint density at radius 1 is 0.786 bits per heavy atom. The van der Waals surface area contributed by atoms with Crippen molar-refractivity contribution in [2.45, 2.75) is 37.3 Å². The Morgan fingerprint density at radius 3 is 2.00 bits per heavy atom. The number of hydrogen-bond donors (Lipinski definition) is 1. The van der Waals surface area contributed by atoms with Crippen LogP contribution in [0.5, 0.6) is 0 Å². The average Bonchev–Trinajstić information content (AvgIpc) is 3.05. The van der Waals surface area contributed by atoms with Crippen LogP contribution in [-0.2, 0) is 5.60 Å². The highest BCUT2D eigenvalue weighted by Gasteiger charge is 2.44. The van der Waals surface area contributed by atoms with Gasteiger partial charge in [-0.25, -0.2) is 0 Å². The van der Waals surface area contributed by atoms with E-state index in [1.54, 1.807) is 0 Å². The third-order valence-electron chi connectivity index (χ3n) is 5.90. The van der Waals surface area contributed by atoms with Gasteiger partial charge in [-0.3, -0.25) is 4.90 Å². The van der Waals surface area contributed by atoms with Gasteiger partial charge in [-0.2, -0.15) is 0 Å². The first-order valence-corrected chi connectivity index (χ1v) is 10.4. The summed E-state index contributed by atoms with van der Waals surface area (Å²) in [7, 11) is 0. The number of hydrogen-bond acceptors (Lipinski definition) is 2. The molecule has 0 bridgehead atoms. The molecule has 2 nitrogen and oxygen atoms in total. The van der Waals surface area contributed by atoms with Crippen LogP contribution in [0.15, 0.2) is 96.6 Å². The molecule has 1 atom stereocenters. The molecule has 0 spiro atoms. The number of benzene rings is 2. The quantitative estimate of drug-likeness (QED) is 0.779. The van der Waals surface area contributed by atoms with Crippen molar-refractivity contribution in [3.63, 3.8) is 0 Å². The van der Waals surface area contributed by atoms with Gasteiger partial charge in [0.15, 0.2) is 0 Å². The fourth-order valence-electron chi connectivity index (χ4n) is 4.54. The number of likely N-dealkylation sites (tertiary alicyclic amines) is 1. The van der Waals surface area contributed by atoms with Crippen molar-refractivity contribution in [1.82, 2.24) is 4.90 Å². The van der Waals surface area contributed by atoms with Crippen LogP contribution in [-0.4, -0.2) is 29.1 Å². The highest BCUT2D eigenvalue weighted by molar-refractivity contribution is 5.45. The zero-order valence-electron chi connectivity index (χ0n) is 16.4.